The number of fused-ring (bicyclic) bond motifs is 3. The number of carbonyl (C=O) groups is 1. The molecule has 4 aliphatic carbocycles. The van der Waals surface area contributed by atoms with Gasteiger partial charge in [0, 0.05) is 5.41 Å². The highest BCUT2D eigenvalue weighted by atomic mass is 16.5. The van der Waals surface area contributed by atoms with E-state index in [4.69, 9.17) is 4.74 Å². The van der Waals surface area contributed by atoms with E-state index in [0.717, 1.165) is 19.3 Å². The molecule has 140 valence electrons. The molecule has 0 aromatic heterocycles. The highest BCUT2D eigenvalue weighted by Crippen LogP contribution is 2.71. The fourth-order valence-electron chi connectivity index (χ4n) is 7.40. The maximum absolute atomic E-state index is 12.4. The highest BCUT2D eigenvalue weighted by Gasteiger charge is 2.69. The van der Waals surface area contributed by atoms with Crippen LogP contribution in [0.4, 0.5) is 0 Å². The van der Waals surface area contributed by atoms with Crippen LogP contribution in [0.3, 0.4) is 0 Å². The zero-order valence-corrected chi connectivity index (χ0v) is 15.2. The van der Waals surface area contributed by atoms with Gasteiger partial charge in [-0.2, -0.15) is 0 Å². The maximum atomic E-state index is 12.4. The molecule has 25 heavy (non-hydrogen) atoms. The first-order chi connectivity index (χ1) is 11.7. The van der Waals surface area contributed by atoms with E-state index in [0.29, 0.717) is 31.3 Å². The van der Waals surface area contributed by atoms with E-state index < -0.39 is 17.8 Å². The van der Waals surface area contributed by atoms with Crippen molar-refractivity contribution in [1.29, 1.82) is 0 Å². The van der Waals surface area contributed by atoms with E-state index in [1.807, 2.05) is 0 Å². The Labute approximate surface area is 149 Å². The third kappa shape index (κ3) is 2.09. The fourth-order valence-corrected chi connectivity index (χ4v) is 7.40. The van der Waals surface area contributed by atoms with Crippen LogP contribution < -0.4 is 0 Å². The predicted octanol–water partition coefficient (Wildman–Crippen LogP) is 1.79. The van der Waals surface area contributed by atoms with Gasteiger partial charge in [-0.25, -0.2) is 0 Å². The third-order valence-corrected chi connectivity index (χ3v) is 8.39. The van der Waals surface area contributed by atoms with Gasteiger partial charge in [0.05, 0.1) is 30.8 Å². The van der Waals surface area contributed by atoms with E-state index in [-0.39, 0.29) is 34.6 Å². The second-order valence-electron chi connectivity index (χ2n) is 9.33. The molecule has 2 bridgehead atoms. The number of hydrogen-bond acceptors (Lipinski definition) is 5. The Hall–Kier alpha value is -0.910. The number of ether oxygens (including phenoxy) is 1. The van der Waals surface area contributed by atoms with Gasteiger partial charge in [-0.15, -0.1) is 0 Å². The SMILES string of the molecule is C=C1[C@H](O)[C@@]23CC[C@@H]4[C@H](C(=O)OC)C[C@@H](O)C[C@@]4(C)[C@@H]2CC[C@]1(O)C3. The molecule has 4 rings (SSSR count). The van der Waals surface area contributed by atoms with Crippen molar-refractivity contribution in [2.45, 2.75) is 69.7 Å². The number of aliphatic hydroxyl groups excluding tert-OH is 2. The summed E-state index contributed by atoms with van der Waals surface area (Å²) in [5, 5.41) is 32.4. The van der Waals surface area contributed by atoms with Crippen molar-refractivity contribution in [1.82, 2.24) is 0 Å². The van der Waals surface area contributed by atoms with Gasteiger partial charge in [-0.1, -0.05) is 13.5 Å². The van der Waals surface area contributed by atoms with Crippen LogP contribution in [0.5, 0.6) is 0 Å². The standard InChI is InChI=1S/C20H30O5/c1-11-16(22)19-6-4-14-13(17(23)25-3)8-12(21)9-18(14,2)15(19)5-7-20(11,24)10-19/h12-16,21-22,24H,1,4-10H2,2-3H3/t12-,13-,14-,15+,16+,18-,19-,20+/m1/s1. The van der Waals surface area contributed by atoms with Crippen LogP contribution in [0.2, 0.25) is 0 Å². The maximum Gasteiger partial charge on any atom is 0.309 e. The molecule has 0 unspecified atom stereocenters. The van der Waals surface area contributed by atoms with Crippen LogP contribution in [0, 0.1) is 28.6 Å². The largest absolute Gasteiger partial charge is 0.469 e. The molecule has 4 fully saturated rings. The molecule has 0 amide bonds. The topological polar surface area (TPSA) is 87.0 Å². The zero-order chi connectivity index (χ0) is 18.2. The van der Waals surface area contributed by atoms with Crippen LogP contribution >= 0.6 is 0 Å². The average Bonchev–Trinajstić information content (AvgIpc) is 2.70. The molecule has 0 aliphatic heterocycles. The van der Waals surface area contributed by atoms with Gasteiger partial charge >= 0.3 is 5.97 Å². The minimum absolute atomic E-state index is 0.159. The number of aliphatic hydroxyl groups is 3. The Morgan fingerprint density at radius 2 is 2.00 bits per heavy atom. The Morgan fingerprint density at radius 3 is 2.68 bits per heavy atom. The van der Waals surface area contributed by atoms with Crippen molar-refractivity contribution >= 4 is 5.97 Å². The third-order valence-electron chi connectivity index (χ3n) is 8.39. The molecule has 3 N–H and O–H groups in total. The van der Waals surface area contributed by atoms with Gasteiger partial charge in [-0.05, 0) is 67.8 Å². The van der Waals surface area contributed by atoms with Crippen LogP contribution in [-0.2, 0) is 9.53 Å². The van der Waals surface area contributed by atoms with Crippen molar-refractivity contribution < 1.29 is 24.9 Å². The molecule has 5 nitrogen and oxygen atoms in total. The Balaban J connectivity index is 1.75. The first-order valence-corrected chi connectivity index (χ1v) is 9.53. The van der Waals surface area contributed by atoms with Gasteiger partial charge in [0.2, 0.25) is 0 Å². The molecule has 0 heterocycles. The summed E-state index contributed by atoms with van der Waals surface area (Å²) >= 11 is 0. The lowest BCUT2D eigenvalue weighted by Crippen LogP contribution is -2.60. The minimum atomic E-state index is -0.950. The summed E-state index contributed by atoms with van der Waals surface area (Å²) in [5.41, 5.74) is -0.985. The molecule has 5 heteroatoms. The summed E-state index contributed by atoms with van der Waals surface area (Å²) in [6, 6.07) is 0. The van der Waals surface area contributed by atoms with E-state index in [1.54, 1.807) is 0 Å². The van der Waals surface area contributed by atoms with Crippen LogP contribution in [0.1, 0.15) is 51.9 Å². The van der Waals surface area contributed by atoms with E-state index in [9.17, 15) is 20.1 Å². The smallest absolute Gasteiger partial charge is 0.309 e. The molecular formula is C20H30O5. The second kappa shape index (κ2) is 5.30. The quantitative estimate of drug-likeness (QED) is 0.496. The van der Waals surface area contributed by atoms with Crippen molar-refractivity contribution in [3.63, 3.8) is 0 Å². The first-order valence-electron chi connectivity index (χ1n) is 9.53. The molecule has 4 aliphatic rings. The molecule has 1 spiro atoms. The van der Waals surface area contributed by atoms with Crippen molar-refractivity contribution in [3.8, 4) is 0 Å². The lowest BCUT2D eigenvalue weighted by atomic mass is 9.42. The van der Waals surface area contributed by atoms with Crippen LogP contribution in [0.25, 0.3) is 0 Å². The lowest BCUT2D eigenvalue weighted by molar-refractivity contribution is -0.192. The van der Waals surface area contributed by atoms with E-state index >= 15 is 0 Å². The van der Waals surface area contributed by atoms with Crippen molar-refractivity contribution in [2.75, 3.05) is 7.11 Å². The lowest BCUT2D eigenvalue weighted by Gasteiger charge is -2.62. The van der Waals surface area contributed by atoms with Crippen molar-refractivity contribution in [2.24, 2.45) is 28.6 Å². The van der Waals surface area contributed by atoms with Gasteiger partial charge in [0.25, 0.3) is 0 Å². The molecule has 0 aromatic rings. The summed E-state index contributed by atoms with van der Waals surface area (Å²) in [4.78, 5) is 12.4. The van der Waals surface area contributed by atoms with Crippen LogP contribution in [0.15, 0.2) is 12.2 Å². The average molecular weight is 350 g/mol. The summed E-state index contributed by atoms with van der Waals surface area (Å²) in [6.07, 6.45) is 3.48. The van der Waals surface area contributed by atoms with E-state index in [1.165, 1.54) is 7.11 Å². The van der Waals surface area contributed by atoms with Gasteiger partial charge < -0.3 is 20.1 Å². The molecule has 0 radical (unpaired) electrons. The highest BCUT2D eigenvalue weighted by molar-refractivity contribution is 5.73. The van der Waals surface area contributed by atoms with Crippen LogP contribution in [-0.4, -0.2) is 46.2 Å². The monoisotopic (exact) mass is 350 g/mol. The summed E-state index contributed by atoms with van der Waals surface area (Å²) in [6.45, 7) is 6.19. The number of hydrogen-bond donors (Lipinski definition) is 3. The number of rotatable bonds is 1. The summed E-state index contributed by atoms with van der Waals surface area (Å²) < 4.78 is 5.03. The normalized spacial score (nSPS) is 54.6. The van der Waals surface area contributed by atoms with Gasteiger partial charge in [0.1, 0.15) is 0 Å². The number of methoxy groups -OCH3 is 1. The predicted molar refractivity (Wildman–Crippen MR) is 91.4 cm³/mol. The minimum Gasteiger partial charge on any atom is -0.469 e. The fraction of sp³-hybridized carbons (Fsp3) is 0.850. The Kier molecular flexibility index (Phi) is 3.71. The molecule has 0 saturated heterocycles. The second-order valence-corrected chi connectivity index (χ2v) is 9.33. The Morgan fingerprint density at radius 1 is 1.28 bits per heavy atom. The number of esters is 1. The summed E-state index contributed by atoms with van der Waals surface area (Å²) in [7, 11) is 1.41. The number of carbonyl (C=O) groups excluding carboxylic acids is 1. The van der Waals surface area contributed by atoms with Gasteiger partial charge in [-0.3, -0.25) is 4.79 Å². The van der Waals surface area contributed by atoms with E-state index in [2.05, 4.69) is 13.5 Å². The molecule has 4 saturated carbocycles. The Bertz CT molecular complexity index is 617. The summed E-state index contributed by atoms with van der Waals surface area (Å²) in [5.74, 6) is -0.171. The first kappa shape index (κ1) is 17.5. The molecule has 8 atom stereocenters. The van der Waals surface area contributed by atoms with Gasteiger partial charge in [0.15, 0.2) is 0 Å². The van der Waals surface area contributed by atoms with Crippen molar-refractivity contribution in [3.05, 3.63) is 12.2 Å². The molecule has 0 aromatic carbocycles. The molecular weight excluding hydrogens is 320 g/mol. The zero-order valence-electron chi connectivity index (χ0n) is 15.2.